The van der Waals surface area contributed by atoms with Crippen molar-refractivity contribution >= 4 is 33.9 Å². The fourth-order valence-corrected chi connectivity index (χ4v) is 3.74. The number of nitrogens with two attached hydrogens (primary N) is 1. The van der Waals surface area contributed by atoms with E-state index in [4.69, 9.17) is 25.2 Å². The van der Waals surface area contributed by atoms with Crippen molar-refractivity contribution in [2.45, 2.75) is 19.4 Å². The molecule has 2 aromatic heterocycles. The van der Waals surface area contributed by atoms with Crippen molar-refractivity contribution in [3.05, 3.63) is 59.7 Å². The first-order valence-corrected chi connectivity index (χ1v) is 10.6. The van der Waals surface area contributed by atoms with Crippen molar-refractivity contribution in [1.29, 1.82) is 0 Å². The van der Waals surface area contributed by atoms with E-state index in [0.717, 1.165) is 28.8 Å². The van der Waals surface area contributed by atoms with Gasteiger partial charge in [-0.1, -0.05) is 24.3 Å². The summed E-state index contributed by atoms with van der Waals surface area (Å²) in [4.78, 5) is 22.6. The molecule has 0 aliphatic rings. The van der Waals surface area contributed by atoms with E-state index in [1.165, 1.54) is 0 Å². The number of nitrogen functional groups attached to an aromatic ring is 1. The first-order valence-electron chi connectivity index (χ1n) is 10.6. The number of methoxy groups -OCH3 is 2. The highest BCUT2D eigenvalue weighted by Crippen LogP contribution is 2.28. The molecule has 32 heavy (non-hydrogen) atoms. The van der Waals surface area contributed by atoms with Crippen LogP contribution in [-0.2, 0) is 17.7 Å². The number of anilines is 1. The summed E-state index contributed by atoms with van der Waals surface area (Å²) in [6, 6.07) is 15.4. The Balaban J connectivity index is 1.61. The molecule has 0 aliphatic heterocycles. The van der Waals surface area contributed by atoms with Gasteiger partial charge in [-0.25, -0.2) is 9.97 Å². The van der Waals surface area contributed by atoms with Crippen molar-refractivity contribution in [2.24, 2.45) is 0 Å². The van der Waals surface area contributed by atoms with Crippen LogP contribution in [0.3, 0.4) is 0 Å². The number of rotatable bonds is 9. The maximum absolute atomic E-state index is 13.1. The number of fused-ring (bicyclic) bond motifs is 2. The summed E-state index contributed by atoms with van der Waals surface area (Å²) in [5.41, 5.74) is 10.5. The number of ether oxygens (including phenoxy) is 2. The normalized spacial score (nSPS) is 11.2. The lowest BCUT2D eigenvalue weighted by molar-refractivity contribution is 0.0956. The van der Waals surface area contributed by atoms with Gasteiger partial charge in [0.15, 0.2) is 5.65 Å². The van der Waals surface area contributed by atoms with Gasteiger partial charge in [0.2, 0.25) is 0 Å². The van der Waals surface area contributed by atoms with Gasteiger partial charge in [-0.3, -0.25) is 4.79 Å². The molecule has 4 aromatic rings. The average Bonchev–Trinajstić information content (AvgIpc) is 3.08. The minimum atomic E-state index is -0.254. The molecule has 4 rings (SSSR count). The van der Waals surface area contributed by atoms with Crippen LogP contribution in [0.5, 0.6) is 5.75 Å². The van der Waals surface area contributed by atoms with Gasteiger partial charge < -0.3 is 25.1 Å². The Morgan fingerprint density at radius 1 is 1.06 bits per heavy atom. The summed E-state index contributed by atoms with van der Waals surface area (Å²) < 4.78 is 12.2. The Bertz CT molecular complexity index is 1230. The van der Waals surface area contributed by atoms with Gasteiger partial charge in [0.05, 0.1) is 18.1 Å². The smallest absolute Gasteiger partial charge is 0.257 e. The van der Waals surface area contributed by atoms with Crippen molar-refractivity contribution in [2.75, 3.05) is 33.1 Å². The largest absolute Gasteiger partial charge is 0.497 e. The second-order valence-electron chi connectivity index (χ2n) is 7.50. The molecule has 0 unspecified atom stereocenters. The molecule has 166 valence electrons. The Hall–Kier alpha value is -3.65. The monoisotopic (exact) mass is 433 g/mol. The van der Waals surface area contributed by atoms with Crippen LogP contribution in [-0.4, -0.2) is 47.8 Å². The quantitative estimate of drug-likeness (QED) is 0.393. The van der Waals surface area contributed by atoms with E-state index >= 15 is 0 Å². The zero-order valence-electron chi connectivity index (χ0n) is 18.3. The third-order valence-electron chi connectivity index (χ3n) is 5.41. The highest BCUT2D eigenvalue weighted by molar-refractivity contribution is 6.10. The average molecular weight is 434 g/mol. The number of nitrogens with one attached hydrogen (secondary N) is 1. The van der Waals surface area contributed by atoms with Crippen molar-refractivity contribution in [3.63, 3.8) is 0 Å². The molecule has 0 atom stereocenters. The molecule has 0 spiro atoms. The summed E-state index contributed by atoms with van der Waals surface area (Å²) in [7, 11) is 3.30. The number of hydrogen-bond acceptors (Lipinski definition) is 6. The van der Waals surface area contributed by atoms with Gasteiger partial charge in [-0.2, -0.15) is 0 Å². The molecular formula is C24H27N5O3. The summed E-state index contributed by atoms with van der Waals surface area (Å²) in [6.07, 6.45) is 1.44. The van der Waals surface area contributed by atoms with Gasteiger partial charge in [-0.05, 0) is 42.7 Å². The highest BCUT2D eigenvalue weighted by Gasteiger charge is 2.23. The zero-order valence-corrected chi connectivity index (χ0v) is 18.3. The number of aromatic nitrogens is 3. The molecule has 0 radical (unpaired) electrons. The number of para-hydroxylation sites is 2. The number of carbonyl (C=O) groups excluding carboxylic acids is 1. The SMILES string of the molecule is COCCCn1c(N)c(C(=O)NCCc2ccc(OC)cc2)c2nc3ccccc3nc21. The molecule has 3 N–H and O–H groups in total. The van der Waals surface area contributed by atoms with E-state index in [9.17, 15) is 4.79 Å². The standard InChI is InChI=1S/C24H27N5O3/c1-31-15-5-14-29-22(25)20(21-23(29)28-19-7-4-3-6-18(19)27-21)24(30)26-13-12-16-8-10-17(32-2)11-9-16/h3-4,6-11H,5,12-15,25H2,1-2H3,(H,26,30). The Morgan fingerprint density at radius 3 is 2.47 bits per heavy atom. The maximum Gasteiger partial charge on any atom is 0.257 e. The predicted molar refractivity (Wildman–Crippen MR) is 125 cm³/mol. The fraction of sp³-hybridized carbons (Fsp3) is 0.292. The number of hydrogen-bond donors (Lipinski definition) is 2. The lowest BCUT2D eigenvalue weighted by atomic mass is 10.1. The van der Waals surface area contributed by atoms with Crippen molar-refractivity contribution in [1.82, 2.24) is 19.9 Å². The highest BCUT2D eigenvalue weighted by atomic mass is 16.5. The summed E-state index contributed by atoms with van der Waals surface area (Å²) in [5, 5.41) is 2.98. The second-order valence-corrected chi connectivity index (χ2v) is 7.50. The molecule has 2 aromatic carbocycles. The van der Waals surface area contributed by atoms with Crippen molar-refractivity contribution in [3.8, 4) is 5.75 Å². The van der Waals surface area contributed by atoms with Gasteiger partial charge in [0, 0.05) is 26.8 Å². The minimum absolute atomic E-state index is 0.254. The first-order chi connectivity index (χ1) is 15.6. The first kappa shape index (κ1) is 21.6. The van der Waals surface area contributed by atoms with Crippen LogP contribution < -0.4 is 15.8 Å². The molecule has 0 saturated heterocycles. The molecule has 2 heterocycles. The molecule has 8 heteroatoms. The minimum Gasteiger partial charge on any atom is -0.497 e. The Labute approximate surface area is 186 Å². The molecule has 0 saturated carbocycles. The molecule has 1 amide bonds. The summed E-state index contributed by atoms with van der Waals surface area (Å²) >= 11 is 0. The third-order valence-corrected chi connectivity index (χ3v) is 5.41. The van der Waals surface area contributed by atoms with E-state index in [1.54, 1.807) is 14.2 Å². The van der Waals surface area contributed by atoms with Gasteiger partial charge in [-0.15, -0.1) is 0 Å². The van der Waals surface area contributed by atoms with Crippen LogP contribution in [0.1, 0.15) is 22.3 Å². The number of carbonyl (C=O) groups is 1. The number of benzene rings is 2. The van der Waals surface area contributed by atoms with Gasteiger partial charge in [0.1, 0.15) is 22.6 Å². The second kappa shape index (κ2) is 9.65. The molecule has 0 aliphatic carbocycles. The van der Waals surface area contributed by atoms with E-state index in [2.05, 4.69) is 5.32 Å². The van der Waals surface area contributed by atoms with E-state index in [1.807, 2.05) is 53.1 Å². The molecule has 0 fully saturated rings. The van der Waals surface area contributed by atoms with E-state index in [-0.39, 0.29) is 5.91 Å². The van der Waals surface area contributed by atoms with Crippen LogP contribution in [0.2, 0.25) is 0 Å². The third kappa shape index (κ3) is 4.36. The van der Waals surface area contributed by atoms with Gasteiger partial charge >= 0.3 is 0 Å². The predicted octanol–water partition coefficient (Wildman–Crippen LogP) is 3.18. The van der Waals surface area contributed by atoms with Crippen LogP contribution >= 0.6 is 0 Å². The maximum atomic E-state index is 13.1. The fourth-order valence-electron chi connectivity index (χ4n) is 3.74. The number of nitrogens with zero attached hydrogens (tertiary/aromatic N) is 3. The Kier molecular flexibility index (Phi) is 6.51. The zero-order chi connectivity index (χ0) is 22.5. The van der Waals surface area contributed by atoms with E-state index < -0.39 is 0 Å². The van der Waals surface area contributed by atoms with Crippen LogP contribution in [0.25, 0.3) is 22.2 Å². The summed E-state index contributed by atoms with van der Waals surface area (Å²) in [6.45, 7) is 1.65. The topological polar surface area (TPSA) is 104 Å². The Morgan fingerprint density at radius 2 is 1.78 bits per heavy atom. The summed E-state index contributed by atoms with van der Waals surface area (Å²) in [5.74, 6) is 0.919. The molecule has 0 bridgehead atoms. The van der Waals surface area contributed by atoms with Gasteiger partial charge in [0.25, 0.3) is 5.91 Å². The lowest BCUT2D eigenvalue weighted by Crippen LogP contribution is -2.26. The van der Waals surface area contributed by atoms with Crippen LogP contribution in [0, 0.1) is 0 Å². The number of amides is 1. The van der Waals surface area contributed by atoms with Crippen molar-refractivity contribution < 1.29 is 14.3 Å². The van der Waals surface area contributed by atoms with E-state index in [0.29, 0.717) is 48.7 Å². The molecule has 8 nitrogen and oxygen atoms in total. The van der Waals surface area contributed by atoms with Crippen LogP contribution in [0.15, 0.2) is 48.5 Å². The lowest BCUT2D eigenvalue weighted by Gasteiger charge is -2.08. The number of aryl methyl sites for hydroxylation is 1. The molecular weight excluding hydrogens is 406 g/mol. The van der Waals surface area contributed by atoms with Crippen LogP contribution in [0.4, 0.5) is 5.82 Å².